The smallest absolute Gasteiger partial charge is 0.210 e. The second kappa shape index (κ2) is 6.46. The predicted octanol–water partition coefficient (Wildman–Crippen LogP) is 3.88. The Hall–Kier alpha value is -2.85. The lowest BCUT2D eigenvalue weighted by Crippen LogP contribution is -2.19. The van der Waals surface area contributed by atoms with Crippen LogP contribution in [0.25, 0.3) is 32.6 Å². The number of hydrogen-bond acceptors (Lipinski definition) is 3. The van der Waals surface area contributed by atoms with Crippen LogP contribution in [0.2, 0.25) is 0 Å². The lowest BCUT2D eigenvalue weighted by atomic mass is 10.2. The number of aromatic nitrogens is 1. The molecule has 4 rings (SSSR count). The molecule has 132 valence electrons. The quantitative estimate of drug-likeness (QED) is 0.562. The van der Waals surface area contributed by atoms with E-state index in [0.29, 0.717) is 0 Å². The highest BCUT2D eigenvalue weighted by molar-refractivity contribution is 6.10. The molecule has 0 N–H and O–H groups in total. The molecule has 3 aromatic carbocycles. The Labute approximate surface area is 152 Å². The molecule has 0 atom stereocenters. The van der Waals surface area contributed by atoms with Gasteiger partial charge >= 0.3 is 0 Å². The number of nitrogens with zero attached hydrogens (tertiary/aromatic N) is 2. The lowest BCUT2D eigenvalue weighted by molar-refractivity contribution is 0.389. The zero-order valence-electron chi connectivity index (χ0n) is 15.3. The Morgan fingerprint density at radius 3 is 2.54 bits per heavy atom. The molecule has 0 bridgehead atoms. The normalized spacial score (nSPS) is 11.7. The van der Waals surface area contributed by atoms with Crippen LogP contribution in [0.4, 0.5) is 0 Å². The van der Waals surface area contributed by atoms with E-state index in [-0.39, 0.29) is 5.43 Å². The molecule has 0 saturated heterocycles. The van der Waals surface area contributed by atoms with Crippen molar-refractivity contribution in [2.24, 2.45) is 0 Å². The van der Waals surface area contributed by atoms with Crippen LogP contribution < -0.4 is 10.2 Å². The van der Waals surface area contributed by atoms with Crippen LogP contribution in [-0.4, -0.2) is 37.2 Å². The van der Waals surface area contributed by atoms with Crippen LogP contribution in [0, 0.1) is 0 Å². The van der Waals surface area contributed by atoms with Crippen LogP contribution in [0.5, 0.6) is 5.75 Å². The molecule has 0 amide bonds. The van der Waals surface area contributed by atoms with Crippen LogP contribution in [-0.2, 0) is 6.54 Å². The van der Waals surface area contributed by atoms with Gasteiger partial charge in [0.2, 0.25) is 5.43 Å². The number of rotatable bonds is 4. The van der Waals surface area contributed by atoms with Gasteiger partial charge < -0.3 is 14.2 Å². The van der Waals surface area contributed by atoms with E-state index in [0.717, 1.165) is 51.4 Å². The maximum absolute atomic E-state index is 13.4. The molecule has 0 fully saturated rings. The Morgan fingerprint density at radius 1 is 0.962 bits per heavy atom. The van der Waals surface area contributed by atoms with Crippen molar-refractivity contribution in [1.82, 2.24) is 9.47 Å². The van der Waals surface area contributed by atoms with E-state index in [9.17, 15) is 4.79 Å². The fourth-order valence-corrected chi connectivity index (χ4v) is 3.58. The van der Waals surface area contributed by atoms with Gasteiger partial charge in [0.25, 0.3) is 0 Å². The standard InChI is InChI=1S/C22H22N2O2/c1-23(2)12-13-24-20-11-9-16(26-3)14-19(20)18-10-8-15-6-4-5-7-17(15)22(25)21(18)24/h4-11,14H,12-13H2,1-3H3. The highest BCUT2D eigenvalue weighted by Gasteiger charge is 2.15. The van der Waals surface area contributed by atoms with E-state index in [1.165, 1.54) is 0 Å². The number of ether oxygens (including phenoxy) is 1. The third-order valence-electron chi connectivity index (χ3n) is 4.93. The zero-order valence-corrected chi connectivity index (χ0v) is 15.3. The Balaban J connectivity index is 2.17. The van der Waals surface area contributed by atoms with Crippen molar-refractivity contribution in [3.8, 4) is 5.75 Å². The summed E-state index contributed by atoms with van der Waals surface area (Å²) in [5, 5.41) is 3.74. The first-order valence-electron chi connectivity index (χ1n) is 8.77. The van der Waals surface area contributed by atoms with E-state index >= 15 is 0 Å². The molecule has 0 radical (unpaired) electrons. The molecule has 0 spiro atoms. The van der Waals surface area contributed by atoms with E-state index < -0.39 is 0 Å². The number of likely N-dealkylation sites (N-methyl/N-ethyl adjacent to an activating group) is 1. The van der Waals surface area contributed by atoms with Gasteiger partial charge in [-0.3, -0.25) is 4.79 Å². The second-order valence-electron chi connectivity index (χ2n) is 6.85. The summed E-state index contributed by atoms with van der Waals surface area (Å²) in [4.78, 5) is 15.5. The summed E-state index contributed by atoms with van der Waals surface area (Å²) < 4.78 is 7.57. The maximum atomic E-state index is 13.4. The van der Waals surface area contributed by atoms with Crippen LogP contribution in [0.15, 0.2) is 59.4 Å². The second-order valence-corrected chi connectivity index (χ2v) is 6.85. The van der Waals surface area contributed by atoms with Crippen molar-refractivity contribution in [3.05, 3.63) is 64.8 Å². The van der Waals surface area contributed by atoms with Crippen molar-refractivity contribution in [3.63, 3.8) is 0 Å². The molecule has 4 aromatic rings. The molecular formula is C22H22N2O2. The first kappa shape index (κ1) is 16.6. The molecule has 4 heteroatoms. The number of hydrogen-bond donors (Lipinski definition) is 0. The Kier molecular flexibility index (Phi) is 4.13. The Morgan fingerprint density at radius 2 is 1.77 bits per heavy atom. The molecule has 0 aliphatic rings. The van der Waals surface area contributed by atoms with Gasteiger partial charge in [-0.2, -0.15) is 0 Å². The maximum Gasteiger partial charge on any atom is 0.210 e. The summed E-state index contributed by atoms with van der Waals surface area (Å²) in [6.45, 7) is 1.62. The molecule has 4 nitrogen and oxygen atoms in total. The van der Waals surface area contributed by atoms with Gasteiger partial charge in [-0.25, -0.2) is 0 Å². The third-order valence-corrected chi connectivity index (χ3v) is 4.93. The van der Waals surface area contributed by atoms with Crippen molar-refractivity contribution >= 4 is 32.6 Å². The van der Waals surface area contributed by atoms with Gasteiger partial charge in [0.1, 0.15) is 5.75 Å². The average molecular weight is 346 g/mol. The molecule has 0 saturated carbocycles. The van der Waals surface area contributed by atoms with Crippen molar-refractivity contribution < 1.29 is 4.74 Å². The van der Waals surface area contributed by atoms with Crippen molar-refractivity contribution in [1.29, 1.82) is 0 Å². The average Bonchev–Trinajstić information content (AvgIpc) is 2.88. The van der Waals surface area contributed by atoms with Gasteiger partial charge in [-0.15, -0.1) is 0 Å². The largest absolute Gasteiger partial charge is 0.497 e. The van der Waals surface area contributed by atoms with Gasteiger partial charge in [-0.1, -0.05) is 36.4 Å². The molecule has 1 heterocycles. The minimum absolute atomic E-state index is 0.0783. The van der Waals surface area contributed by atoms with Crippen molar-refractivity contribution in [2.45, 2.75) is 6.54 Å². The van der Waals surface area contributed by atoms with Crippen LogP contribution in [0.1, 0.15) is 0 Å². The molecule has 1 aromatic heterocycles. The van der Waals surface area contributed by atoms with E-state index in [1.54, 1.807) is 7.11 Å². The Bertz CT molecular complexity index is 1180. The molecular weight excluding hydrogens is 324 g/mol. The van der Waals surface area contributed by atoms with Gasteiger partial charge in [0.05, 0.1) is 12.6 Å². The number of fused-ring (bicyclic) bond motifs is 4. The summed E-state index contributed by atoms with van der Waals surface area (Å²) in [6, 6.07) is 17.9. The molecule has 0 aliphatic heterocycles. The van der Waals surface area contributed by atoms with Crippen LogP contribution >= 0.6 is 0 Å². The van der Waals surface area contributed by atoms with E-state index in [4.69, 9.17) is 4.74 Å². The SMILES string of the molecule is COc1ccc2c(c1)c1ccc3ccccc3c(=O)c1n2CCN(C)C. The van der Waals surface area contributed by atoms with Crippen molar-refractivity contribution in [2.75, 3.05) is 27.7 Å². The highest BCUT2D eigenvalue weighted by Crippen LogP contribution is 2.31. The van der Waals surface area contributed by atoms with Gasteiger partial charge in [-0.05, 0) is 37.7 Å². The first-order chi connectivity index (χ1) is 12.6. The summed E-state index contributed by atoms with van der Waals surface area (Å²) in [5.41, 5.74) is 1.90. The molecule has 26 heavy (non-hydrogen) atoms. The van der Waals surface area contributed by atoms with Crippen LogP contribution in [0.3, 0.4) is 0 Å². The molecule has 0 unspecified atom stereocenters. The third kappa shape index (κ3) is 2.63. The minimum atomic E-state index is 0.0783. The predicted molar refractivity (Wildman–Crippen MR) is 108 cm³/mol. The summed E-state index contributed by atoms with van der Waals surface area (Å²) >= 11 is 0. The van der Waals surface area contributed by atoms with Gasteiger partial charge in [0.15, 0.2) is 0 Å². The highest BCUT2D eigenvalue weighted by atomic mass is 16.5. The number of benzene rings is 2. The summed E-state index contributed by atoms with van der Waals surface area (Å²) in [7, 11) is 5.76. The minimum Gasteiger partial charge on any atom is -0.497 e. The fourth-order valence-electron chi connectivity index (χ4n) is 3.58. The zero-order chi connectivity index (χ0) is 18.3. The van der Waals surface area contributed by atoms with Gasteiger partial charge in [0, 0.05) is 34.8 Å². The number of methoxy groups -OCH3 is 1. The lowest BCUT2D eigenvalue weighted by Gasteiger charge is -2.12. The van der Waals surface area contributed by atoms with E-state index in [2.05, 4.69) is 15.5 Å². The monoisotopic (exact) mass is 346 g/mol. The fraction of sp³-hybridized carbons (Fsp3) is 0.227. The topological polar surface area (TPSA) is 34.5 Å². The first-order valence-corrected chi connectivity index (χ1v) is 8.77. The summed E-state index contributed by atoms with van der Waals surface area (Å²) in [5.74, 6) is 0.799. The molecule has 0 aliphatic carbocycles. The van der Waals surface area contributed by atoms with E-state index in [1.807, 2.05) is 62.6 Å². The summed E-state index contributed by atoms with van der Waals surface area (Å²) in [6.07, 6.45) is 0.